The van der Waals surface area contributed by atoms with Gasteiger partial charge in [-0.3, -0.25) is 14.5 Å². The molecule has 1 unspecified atom stereocenters. The number of hydrogen-bond acceptors (Lipinski definition) is 4. The Morgan fingerprint density at radius 1 is 1.11 bits per heavy atom. The fourth-order valence-corrected chi connectivity index (χ4v) is 4.72. The number of para-hydroxylation sites is 1. The van der Waals surface area contributed by atoms with Crippen LogP contribution in [0.1, 0.15) is 30.5 Å². The number of piperazine rings is 1. The minimum Gasteiger partial charge on any atom is -0.457 e. The monoisotopic (exact) mass is 523 g/mol. The van der Waals surface area contributed by atoms with Crippen LogP contribution in [0.4, 0.5) is 10.1 Å². The quantitative estimate of drug-likeness (QED) is 0.399. The van der Waals surface area contributed by atoms with Gasteiger partial charge in [-0.15, -0.1) is 11.6 Å². The van der Waals surface area contributed by atoms with Crippen LogP contribution in [0.2, 0.25) is 0 Å². The van der Waals surface area contributed by atoms with Crippen LogP contribution in [0.5, 0.6) is 11.5 Å². The molecule has 1 heterocycles. The van der Waals surface area contributed by atoms with Gasteiger partial charge in [0.2, 0.25) is 5.91 Å². The van der Waals surface area contributed by atoms with E-state index in [9.17, 15) is 14.0 Å². The van der Waals surface area contributed by atoms with Gasteiger partial charge in [-0.05, 0) is 66.9 Å². The molecule has 0 aromatic heterocycles. The van der Waals surface area contributed by atoms with Gasteiger partial charge in [0.15, 0.2) is 0 Å². The van der Waals surface area contributed by atoms with Gasteiger partial charge < -0.3 is 15.0 Å². The lowest BCUT2D eigenvalue weighted by atomic mass is 10.00. The summed E-state index contributed by atoms with van der Waals surface area (Å²) in [5.74, 6) is -0.0984. The molecule has 1 saturated heterocycles. The maximum atomic E-state index is 14.0. The van der Waals surface area contributed by atoms with E-state index in [-0.39, 0.29) is 17.8 Å². The molecule has 0 aliphatic carbocycles. The second kappa shape index (κ2) is 12.2. The van der Waals surface area contributed by atoms with Crippen molar-refractivity contribution in [2.75, 3.05) is 30.4 Å². The van der Waals surface area contributed by atoms with Gasteiger partial charge in [-0.2, -0.15) is 0 Å². The van der Waals surface area contributed by atoms with E-state index >= 15 is 0 Å². The number of nitrogens with zero attached hydrogens (tertiary/aromatic N) is 2. The summed E-state index contributed by atoms with van der Waals surface area (Å²) in [5.41, 5.74) is 1.79. The number of ether oxygens (including phenoxy) is 1. The third-order valence-corrected chi connectivity index (χ3v) is 6.76. The molecule has 1 N–H and O–H groups in total. The highest BCUT2D eigenvalue weighted by molar-refractivity contribution is 6.30. The molecule has 0 saturated carbocycles. The van der Waals surface area contributed by atoms with Crippen molar-refractivity contribution in [3.8, 4) is 11.5 Å². The van der Waals surface area contributed by atoms with E-state index in [4.69, 9.17) is 16.3 Å². The zero-order valence-electron chi connectivity index (χ0n) is 21.0. The van der Waals surface area contributed by atoms with Crippen LogP contribution in [-0.2, 0) is 9.59 Å². The Bertz CT molecular complexity index is 1220. The first kappa shape index (κ1) is 26.6. The molecular formula is C29H31ClFN3O3. The van der Waals surface area contributed by atoms with Gasteiger partial charge in [0.25, 0.3) is 5.91 Å². The summed E-state index contributed by atoms with van der Waals surface area (Å²) in [6.07, 6.45) is 0.872. The molecule has 1 fully saturated rings. The first-order valence-electron chi connectivity index (χ1n) is 12.4. The van der Waals surface area contributed by atoms with Crippen LogP contribution in [0.25, 0.3) is 0 Å². The SMILES string of the molecule is CCC1CN(C(=O)[C@H](c2ccc(F)cc2)N(C(=O)CCl)c2ccc(Oc3ccccc3)cc2C)CCN1. The number of aryl methyl sites for hydroxylation is 1. The van der Waals surface area contributed by atoms with Crippen molar-refractivity contribution in [2.24, 2.45) is 0 Å². The Hall–Kier alpha value is -3.42. The zero-order chi connectivity index (χ0) is 26.4. The number of halogens is 2. The van der Waals surface area contributed by atoms with Gasteiger partial charge in [0.1, 0.15) is 29.2 Å². The molecule has 3 aromatic rings. The summed E-state index contributed by atoms with van der Waals surface area (Å²) < 4.78 is 19.8. The highest BCUT2D eigenvalue weighted by Crippen LogP contribution is 2.35. The number of carbonyl (C=O) groups is 2. The van der Waals surface area contributed by atoms with Crippen LogP contribution in [0.15, 0.2) is 72.8 Å². The number of rotatable bonds is 8. The van der Waals surface area contributed by atoms with Crippen LogP contribution in [0, 0.1) is 12.7 Å². The third-order valence-electron chi connectivity index (χ3n) is 6.53. The summed E-state index contributed by atoms with van der Waals surface area (Å²) in [6.45, 7) is 5.62. The lowest BCUT2D eigenvalue weighted by molar-refractivity contribution is -0.135. The second-order valence-electron chi connectivity index (χ2n) is 9.06. The third kappa shape index (κ3) is 6.29. The molecular weight excluding hydrogens is 493 g/mol. The Balaban J connectivity index is 1.74. The first-order valence-corrected chi connectivity index (χ1v) is 12.9. The molecule has 37 heavy (non-hydrogen) atoms. The second-order valence-corrected chi connectivity index (χ2v) is 9.33. The number of nitrogens with one attached hydrogen (secondary N) is 1. The highest BCUT2D eigenvalue weighted by Gasteiger charge is 2.37. The van der Waals surface area contributed by atoms with Crippen molar-refractivity contribution >= 4 is 29.1 Å². The molecule has 2 atom stereocenters. The van der Waals surface area contributed by atoms with Gasteiger partial charge >= 0.3 is 0 Å². The fraction of sp³-hybridized carbons (Fsp3) is 0.310. The Labute approximate surface area is 222 Å². The Morgan fingerprint density at radius 3 is 2.49 bits per heavy atom. The number of benzene rings is 3. The van der Waals surface area contributed by atoms with Gasteiger partial charge in [0.05, 0.1) is 0 Å². The minimum absolute atomic E-state index is 0.167. The van der Waals surface area contributed by atoms with Crippen molar-refractivity contribution in [1.29, 1.82) is 0 Å². The van der Waals surface area contributed by atoms with E-state index in [0.29, 0.717) is 42.4 Å². The van der Waals surface area contributed by atoms with Crippen LogP contribution >= 0.6 is 11.6 Å². The maximum absolute atomic E-state index is 14.0. The molecule has 6 nitrogen and oxygen atoms in total. The molecule has 194 valence electrons. The molecule has 4 rings (SSSR count). The van der Waals surface area contributed by atoms with Crippen molar-refractivity contribution in [1.82, 2.24) is 10.2 Å². The molecule has 8 heteroatoms. The standard InChI is InChI=1S/C29H31ClFN3O3/c1-3-23-19-33(16-15-32-23)29(36)28(21-9-11-22(31)12-10-21)34(27(35)18-30)26-14-13-25(17-20(26)2)37-24-7-5-4-6-8-24/h4-14,17,23,28,32H,3,15-16,18-19H2,1-2H3/t23?,28-/m0/s1. The molecule has 0 spiro atoms. The van der Waals surface area contributed by atoms with Crippen molar-refractivity contribution in [3.63, 3.8) is 0 Å². The minimum atomic E-state index is -0.998. The molecule has 0 radical (unpaired) electrons. The summed E-state index contributed by atoms with van der Waals surface area (Å²) in [7, 11) is 0. The van der Waals surface area contributed by atoms with E-state index in [2.05, 4.69) is 12.2 Å². The number of anilines is 1. The average molecular weight is 524 g/mol. The molecule has 3 aromatic carbocycles. The number of alkyl halides is 1. The van der Waals surface area contributed by atoms with Gasteiger partial charge in [0, 0.05) is 31.4 Å². The molecule has 0 bridgehead atoms. The molecule has 1 aliphatic heterocycles. The summed E-state index contributed by atoms with van der Waals surface area (Å²) >= 11 is 6.07. The number of carbonyl (C=O) groups excluding carboxylic acids is 2. The van der Waals surface area contributed by atoms with Crippen molar-refractivity contribution < 1.29 is 18.7 Å². The molecule has 2 amide bonds. The van der Waals surface area contributed by atoms with Crippen LogP contribution in [0.3, 0.4) is 0 Å². The van der Waals surface area contributed by atoms with Crippen molar-refractivity contribution in [2.45, 2.75) is 32.4 Å². The topological polar surface area (TPSA) is 61.9 Å². The van der Waals surface area contributed by atoms with E-state index in [1.807, 2.05) is 43.3 Å². The number of hydrogen-bond donors (Lipinski definition) is 1. The normalized spacial score (nSPS) is 16.2. The smallest absolute Gasteiger partial charge is 0.250 e. The summed E-state index contributed by atoms with van der Waals surface area (Å²) in [6, 6.07) is 19.6. The Kier molecular flexibility index (Phi) is 8.79. The van der Waals surface area contributed by atoms with Crippen LogP contribution < -0.4 is 15.0 Å². The van der Waals surface area contributed by atoms with E-state index < -0.39 is 17.8 Å². The van der Waals surface area contributed by atoms with E-state index in [1.54, 1.807) is 29.2 Å². The molecule has 1 aliphatic rings. The van der Waals surface area contributed by atoms with E-state index in [0.717, 1.165) is 12.0 Å². The predicted molar refractivity (Wildman–Crippen MR) is 144 cm³/mol. The van der Waals surface area contributed by atoms with Gasteiger partial charge in [-0.1, -0.05) is 37.3 Å². The predicted octanol–water partition coefficient (Wildman–Crippen LogP) is 5.45. The van der Waals surface area contributed by atoms with E-state index in [1.165, 1.54) is 17.0 Å². The average Bonchev–Trinajstić information content (AvgIpc) is 2.93. The maximum Gasteiger partial charge on any atom is 0.250 e. The first-order chi connectivity index (χ1) is 17.9. The largest absolute Gasteiger partial charge is 0.457 e. The Morgan fingerprint density at radius 2 is 1.84 bits per heavy atom. The van der Waals surface area contributed by atoms with Crippen molar-refractivity contribution in [3.05, 3.63) is 89.7 Å². The van der Waals surface area contributed by atoms with Crippen LogP contribution in [-0.4, -0.2) is 48.3 Å². The number of amides is 2. The fourth-order valence-electron chi connectivity index (χ4n) is 4.59. The lowest BCUT2D eigenvalue weighted by Gasteiger charge is -2.39. The summed E-state index contributed by atoms with van der Waals surface area (Å²) in [5, 5.41) is 3.41. The lowest BCUT2D eigenvalue weighted by Crippen LogP contribution is -2.55. The summed E-state index contributed by atoms with van der Waals surface area (Å²) in [4.78, 5) is 30.6. The van der Waals surface area contributed by atoms with Gasteiger partial charge in [-0.25, -0.2) is 4.39 Å². The zero-order valence-corrected chi connectivity index (χ0v) is 21.7. The highest BCUT2D eigenvalue weighted by atomic mass is 35.5.